The van der Waals surface area contributed by atoms with E-state index in [1.807, 2.05) is 0 Å². The van der Waals surface area contributed by atoms with Crippen molar-refractivity contribution in [1.29, 1.82) is 0 Å². The molecule has 1 heterocycles. The molecule has 0 aliphatic carbocycles. The Kier molecular flexibility index (Phi) is 5.35. The van der Waals surface area contributed by atoms with Gasteiger partial charge in [0.15, 0.2) is 9.84 Å². The average molecular weight is 354 g/mol. The highest BCUT2D eigenvalue weighted by Gasteiger charge is 2.17. The van der Waals surface area contributed by atoms with Gasteiger partial charge < -0.3 is 4.42 Å². The van der Waals surface area contributed by atoms with Crippen LogP contribution in [-0.4, -0.2) is 26.0 Å². The molecule has 9 heteroatoms. The topological polar surface area (TPSA) is 105 Å². The molecule has 0 aliphatic rings. The molecule has 0 saturated heterocycles. The van der Waals surface area contributed by atoms with Crippen molar-refractivity contribution in [1.82, 2.24) is 10.9 Å². The zero-order chi connectivity index (χ0) is 17.7. The number of hydrogen-bond acceptors (Lipinski definition) is 5. The lowest BCUT2D eigenvalue weighted by Crippen LogP contribution is -2.42. The second-order valence-corrected chi connectivity index (χ2v) is 7.02. The molecule has 0 radical (unpaired) electrons. The molecule has 0 aliphatic heterocycles. The number of aryl methyl sites for hydroxylation is 1. The van der Waals surface area contributed by atoms with Gasteiger partial charge in [-0.05, 0) is 37.3 Å². The van der Waals surface area contributed by atoms with Crippen molar-refractivity contribution in [3.8, 4) is 0 Å². The summed E-state index contributed by atoms with van der Waals surface area (Å²) in [5, 5.41) is 0. The van der Waals surface area contributed by atoms with Crippen molar-refractivity contribution in [3.05, 3.63) is 53.7 Å². The number of halogens is 1. The predicted octanol–water partition coefficient (Wildman–Crippen LogP) is 1.35. The second kappa shape index (κ2) is 7.26. The van der Waals surface area contributed by atoms with Crippen molar-refractivity contribution in [2.75, 3.05) is 5.75 Å². The molecule has 24 heavy (non-hydrogen) atoms. The van der Waals surface area contributed by atoms with Gasteiger partial charge in [-0.25, -0.2) is 12.8 Å². The lowest BCUT2D eigenvalue weighted by Gasteiger charge is -2.07. The van der Waals surface area contributed by atoms with Crippen LogP contribution in [0.1, 0.15) is 22.5 Å². The highest BCUT2D eigenvalue weighted by molar-refractivity contribution is 7.91. The van der Waals surface area contributed by atoms with Crippen LogP contribution in [-0.2, 0) is 14.6 Å². The van der Waals surface area contributed by atoms with Crippen molar-refractivity contribution >= 4 is 21.7 Å². The lowest BCUT2D eigenvalue weighted by atomic mass is 10.2. The SMILES string of the molecule is Cc1occc1C(=O)NNC(=O)CCS(=O)(=O)c1ccc(F)cc1. The fourth-order valence-corrected chi connectivity index (χ4v) is 3.10. The lowest BCUT2D eigenvalue weighted by molar-refractivity contribution is -0.121. The molecule has 2 rings (SSSR count). The summed E-state index contributed by atoms with van der Waals surface area (Å²) in [7, 11) is -3.72. The van der Waals surface area contributed by atoms with Gasteiger partial charge in [0.25, 0.3) is 5.91 Å². The van der Waals surface area contributed by atoms with Crippen LogP contribution in [0.2, 0.25) is 0 Å². The number of carbonyl (C=O) groups excluding carboxylic acids is 2. The molecule has 0 saturated carbocycles. The third kappa shape index (κ3) is 4.42. The van der Waals surface area contributed by atoms with Crippen LogP contribution in [0.5, 0.6) is 0 Å². The maximum atomic E-state index is 12.8. The molecule has 0 fully saturated rings. The van der Waals surface area contributed by atoms with Crippen LogP contribution >= 0.6 is 0 Å². The highest BCUT2D eigenvalue weighted by Crippen LogP contribution is 2.12. The molecule has 7 nitrogen and oxygen atoms in total. The van der Waals surface area contributed by atoms with Crippen LogP contribution in [0.25, 0.3) is 0 Å². The van der Waals surface area contributed by atoms with Crippen molar-refractivity contribution in [2.45, 2.75) is 18.2 Å². The van der Waals surface area contributed by atoms with Gasteiger partial charge in [0.2, 0.25) is 5.91 Å². The van der Waals surface area contributed by atoms with Gasteiger partial charge >= 0.3 is 0 Å². The van der Waals surface area contributed by atoms with Crippen molar-refractivity contribution < 1.29 is 26.8 Å². The van der Waals surface area contributed by atoms with Gasteiger partial charge in [0.1, 0.15) is 11.6 Å². The largest absolute Gasteiger partial charge is 0.469 e. The van der Waals surface area contributed by atoms with Gasteiger partial charge in [-0.3, -0.25) is 20.4 Å². The Bertz CT molecular complexity index is 843. The van der Waals surface area contributed by atoms with Crippen molar-refractivity contribution in [3.63, 3.8) is 0 Å². The zero-order valence-electron chi connectivity index (χ0n) is 12.7. The molecule has 2 N–H and O–H groups in total. The number of hydrazine groups is 1. The number of nitrogens with one attached hydrogen (secondary N) is 2. The van der Waals surface area contributed by atoms with E-state index in [0.717, 1.165) is 24.3 Å². The Morgan fingerprint density at radius 2 is 1.79 bits per heavy atom. The average Bonchev–Trinajstić information content (AvgIpc) is 2.97. The highest BCUT2D eigenvalue weighted by atomic mass is 32.2. The van der Waals surface area contributed by atoms with Crippen LogP contribution < -0.4 is 10.9 Å². The summed E-state index contributed by atoms with van der Waals surface area (Å²) >= 11 is 0. The predicted molar refractivity (Wildman–Crippen MR) is 82.1 cm³/mol. The van der Waals surface area contributed by atoms with Crippen LogP contribution in [0.4, 0.5) is 4.39 Å². The Morgan fingerprint density at radius 3 is 2.38 bits per heavy atom. The Balaban J connectivity index is 1.85. The maximum Gasteiger partial charge on any atom is 0.273 e. The molecular formula is C15H15FN2O5S. The summed E-state index contributed by atoms with van der Waals surface area (Å²) in [5.41, 5.74) is 4.55. The molecule has 2 amide bonds. The summed E-state index contributed by atoms with van der Waals surface area (Å²) in [6.07, 6.45) is 0.978. The first-order valence-electron chi connectivity index (χ1n) is 6.91. The normalized spacial score (nSPS) is 11.1. The molecule has 2 aromatic rings. The van der Waals surface area contributed by atoms with Crippen LogP contribution in [0.3, 0.4) is 0 Å². The first kappa shape index (κ1) is 17.7. The van der Waals surface area contributed by atoms with Crippen LogP contribution in [0, 0.1) is 12.7 Å². The monoisotopic (exact) mass is 354 g/mol. The fourth-order valence-electron chi connectivity index (χ4n) is 1.86. The third-order valence-corrected chi connectivity index (χ3v) is 4.92. The number of carbonyl (C=O) groups is 2. The summed E-state index contributed by atoms with van der Waals surface area (Å²) in [6, 6.07) is 5.76. The van der Waals surface area contributed by atoms with E-state index in [0.29, 0.717) is 5.76 Å². The molecule has 128 valence electrons. The van der Waals surface area contributed by atoms with Gasteiger partial charge in [0.05, 0.1) is 22.5 Å². The fraction of sp³-hybridized carbons (Fsp3) is 0.200. The van der Waals surface area contributed by atoms with Gasteiger partial charge in [-0.15, -0.1) is 0 Å². The summed E-state index contributed by atoms with van der Waals surface area (Å²) in [6.45, 7) is 1.59. The summed E-state index contributed by atoms with van der Waals surface area (Å²) in [5.74, 6) is -1.87. The van der Waals surface area contributed by atoms with Gasteiger partial charge in [-0.1, -0.05) is 0 Å². The number of hydrogen-bond donors (Lipinski definition) is 2. The molecule has 0 atom stereocenters. The van der Waals surface area contributed by atoms with Gasteiger partial charge in [0, 0.05) is 6.42 Å². The van der Waals surface area contributed by atoms with E-state index in [1.165, 1.54) is 12.3 Å². The quantitative estimate of drug-likeness (QED) is 0.623. The second-order valence-electron chi connectivity index (χ2n) is 4.92. The molecular weight excluding hydrogens is 339 g/mol. The number of benzene rings is 1. The number of furan rings is 1. The van der Waals surface area contributed by atoms with E-state index >= 15 is 0 Å². The van der Waals surface area contributed by atoms with E-state index in [4.69, 9.17) is 4.42 Å². The van der Waals surface area contributed by atoms with E-state index in [-0.39, 0.29) is 16.9 Å². The molecule has 0 bridgehead atoms. The summed E-state index contributed by atoms with van der Waals surface area (Å²) in [4.78, 5) is 23.3. The van der Waals surface area contributed by atoms with Gasteiger partial charge in [-0.2, -0.15) is 0 Å². The zero-order valence-corrected chi connectivity index (χ0v) is 13.5. The molecule has 0 unspecified atom stereocenters. The molecule has 1 aromatic carbocycles. The Hall–Kier alpha value is -2.68. The minimum atomic E-state index is -3.72. The van der Waals surface area contributed by atoms with Crippen molar-refractivity contribution in [2.24, 2.45) is 0 Å². The molecule has 1 aromatic heterocycles. The maximum absolute atomic E-state index is 12.8. The van der Waals surface area contributed by atoms with E-state index in [9.17, 15) is 22.4 Å². The minimum Gasteiger partial charge on any atom is -0.469 e. The third-order valence-electron chi connectivity index (χ3n) is 3.19. The minimum absolute atomic E-state index is 0.0743. The Labute approximate surface area is 137 Å². The number of sulfone groups is 1. The molecule has 0 spiro atoms. The standard InChI is InChI=1S/C15H15FN2O5S/c1-10-13(6-8-23-10)15(20)18-17-14(19)7-9-24(21,22)12-4-2-11(16)3-5-12/h2-6,8H,7,9H2,1H3,(H,17,19)(H,18,20). The summed E-state index contributed by atoms with van der Waals surface area (Å²) < 4.78 is 41.8. The van der Waals surface area contributed by atoms with E-state index in [1.54, 1.807) is 6.92 Å². The first-order valence-corrected chi connectivity index (χ1v) is 8.56. The smallest absolute Gasteiger partial charge is 0.273 e. The van der Waals surface area contributed by atoms with E-state index < -0.39 is 33.2 Å². The first-order chi connectivity index (χ1) is 11.3. The number of rotatable bonds is 5. The van der Waals surface area contributed by atoms with Crippen LogP contribution in [0.15, 0.2) is 45.9 Å². The Morgan fingerprint density at radius 1 is 1.12 bits per heavy atom. The van der Waals surface area contributed by atoms with E-state index in [2.05, 4.69) is 10.9 Å². The number of amides is 2.